The summed E-state index contributed by atoms with van der Waals surface area (Å²) in [6, 6.07) is 8.73. The molecule has 1 aliphatic rings. The Bertz CT molecular complexity index is 671. The molecular weight excluding hydrogens is 365 g/mol. The van der Waals surface area contributed by atoms with Gasteiger partial charge in [0.15, 0.2) is 6.17 Å². The Morgan fingerprint density at radius 3 is 2.64 bits per heavy atom. The van der Waals surface area contributed by atoms with Crippen LogP contribution in [-0.2, 0) is 20.9 Å². The monoisotopic (exact) mass is 393 g/mol. The normalized spacial score (nSPS) is 18.4. The molecule has 1 fully saturated rings. The molecule has 28 heavy (non-hydrogen) atoms. The number of hydroxylamine groups is 1. The number of alkyl halides is 1. The number of unbranched alkanes of at least 4 members (excludes halogenated alkanes) is 1. The number of amides is 3. The number of rotatable bonds is 9. The number of hydrogen-bond donors (Lipinski definition) is 3. The van der Waals surface area contributed by atoms with Crippen LogP contribution in [0.25, 0.3) is 0 Å². The lowest BCUT2D eigenvalue weighted by molar-refractivity contribution is -0.149. The third kappa shape index (κ3) is 5.51. The van der Waals surface area contributed by atoms with Crippen molar-refractivity contribution in [1.82, 2.24) is 15.7 Å². The summed E-state index contributed by atoms with van der Waals surface area (Å²) in [6.07, 6.45) is 0.456. The van der Waals surface area contributed by atoms with E-state index in [1.165, 1.54) is 10.4 Å². The Kier molecular flexibility index (Phi) is 8.38. The molecular formula is C20H28FN3O4. The van der Waals surface area contributed by atoms with Crippen molar-refractivity contribution >= 4 is 17.7 Å². The maximum atomic E-state index is 14.5. The number of carbonyl (C=O) groups is 3. The number of benzene rings is 1. The van der Waals surface area contributed by atoms with E-state index in [0.29, 0.717) is 32.4 Å². The smallest absolute Gasteiger partial charge is 0.278 e. The summed E-state index contributed by atoms with van der Waals surface area (Å²) >= 11 is 0. The molecule has 7 nitrogen and oxygen atoms in total. The molecule has 1 aromatic carbocycles. The molecule has 0 aliphatic carbocycles. The Balaban J connectivity index is 2.05. The fourth-order valence-electron chi connectivity index (χ4n) is 3.48. The summed E-state index contributed by atoms with van der Waals surface area (Å²) in [7, 11) is 0. The van der Waals surface area contributed by atoms with E-state index in [4.69, 9.17) is 5.21 Å². The second-order valence-electron chi connectivity index (χ2n) is 7.02. The zero-order valence-electron chi connectivity index (χ0n) is 16.1. The molecule has 0 bridgehead atoms. The van der Waals surface area contributed by atoms with Crippen LogP contribution >= 0.6 is 0 Å². The number of halogens is 1. The molecule has 3 amide bonds. The molecule has 3 atom stereocenters. The fraction of sp³-hybridized carbons (Fsp3) is 0.550. The zero-order chi connectivity index (χ0) is 20.5. The lowest BCUT2D eigenvalue weighted by Crippen LogP contribution is -2.50. The Hall–Kier alpha value is -2.48. The van der Waals surface area contributed by atoms with Crippen molar-refractivity contribution in [1.29, 1.82) is 0 Å². The average Bonchev–Trinajstić information content (AvgIpc) is 3.22. The second-order valence-corrected chi connectivity index (χ2v) is 7.02. The van der Waals surface area contributed by atoms with E-state index in [1.54, 1.807) is 0 Å². The van der Waals surface area contributed by atoms with E-state index in [-0.39, 0.29) is 12.3 Å². The molecule has 1 heterocycles. The first-order valence-corrected chi connectivity index (χ1v) is 9.69. The Morgan fingerprint density at radius 2 is 2.00 bits per heavy atom. The summed E-state index contributed by atoms with van der Waals surface area (Å²) < 4.78 is 14.5. The van der Waals surface area contributed by atoms with E-state index in [2.05, 4.69) is 5.32 Å². The van der Waals surface area contributed by atoms with E-state index in [9.17, 15) is 18.8 Å². The minimum absolute atomic E-state index is 0.179. The minimum Gasteiger partial charge on any atom is -0.350 e. The lowest BCUT2D eigenvalue weighted by atomic mass is 9.94. The summed E-state index contributed by atoms with van der Waals surface area (Å²) in [4.78, 5) is 38.5. The maximum absolute atomic E-state index is 14.5. The Morgan fingerprint density at radius 1 is 1.29 bits per heavy atom. The van der Waals surface area contributed by atoms with Crippen molar-refractivity contribution in [3.8, 4) is 0 Å². The van der Waals surface area contributed by atoms with Crippen LogP contribution in [0.5, 0.6) is 0 Å². The van der Waals surface area contributed by atoms with Gasteiger partial charge in [0.2, 0.25) is 11.8 Å². The molecule has 1 aromatic rings. The standard InChI is InChI=1S/C20H28FN3O4/c1-2-3-10-15(17(21)19(26)23-28)20(27)24-12-7-11-16(24)18(25)22-13-14-8-5-4-6-9-14/h4-6,8-9,15-17,28H,2-3,7,10-13H2,1H3,(H,22,25)(H,23,26)/t15-,16+,17-/m1/s1. The lowest BCUT2D eigenvalue weighted by Gasteiger charge is -2.29. The van der Waals surface area contributed by atoms with Gasteiger partial charge in [0, 0.05) is 13.1 Å². The molecule has 0 radical (unpaired) electrons. The highest BCUT2D eigenvalue weighted by Crippen LogP contribution is 2.25. The Labute approximate surface area is 164 Å². The van der Waals surface area contributed by atoms with Crippen LogP contribution in [0.4, 0.5) is 4.39 Å². The third-order valence-electron chi connectivity index (χ3n) is 5.05. The van der Waals surface area contributed by atoms with Gasteiger partial charge in [-0.25, -0.2) is 9.87 Å². The fourth-order valence-corrected chi connectivity index (χ4v) is 3.48. The van der Waals surface area contributed by atoms with Crippen molar-refractivity contribution in [2.45, 2.75) is 57.8 Å². The van der Waals surface area contributed by atoms with E-state index < -0.39 is 29.9 Å². The van der Waals surface area contributed by atoms with Gasteiger partial charge < -0.3 is 10.2 Å². The molecule has 0 saturated carbocycles. The summed E-state index contributed by atoms with van der Waals surface area (Å²) in [5.41, 5.74) is 2.22. The summed E-state index contributed by atoms with van der Waals surface area (Å²) in [6.45, 7) is 2.59. The quantitative estimate of drug-likeness (QED) is 0.441. The molecule has 3 N–H and O–H groups in total. The third-order valence-corrected chi connectivity index (χ3v) is 5.05. The zero-order valence-corrected chi connectivity index (χ0v) is 16.1. The molecule has 8 heteroatoms. The predicted octanol–water partition coefficient (Wildman–Crippen LogP) is 1.94. The van der Waals surface area contributed by atoms with Crippen molar-refractivity contribution in [2.24, 2.45) is 5.92 Å². The van der Waals surface area contributed by atoms with Crippen LogP contribution in [-0.4, -0.2) is 46.6 Å². The van der Waals surface area contributed by atoms with Crippen molar-refractivity contribution in [3.63, 3.8) is 0 Å². The van der Waals surface area contributed by atoms with Crippen LogP contribution in [0.2, 0.25) is 0 Å². The van der Waals surface area contributed by atoms with Gasteiger partial charge in [-0.2, -0.15) is 0 Å². The second kappa shape index (κ2) is 10.8. The molecule has 2 rings (SSSR count). The van der Waals surface area contributed by atoms with Crippen molar-refractivity contribution in [3.05, 3.63) is 35.9 Å². The molecule has 0 unspecified atom stereocenters. The maximum Gasteiger partial charge on any atom is 0.278 e. The van der Waals surface area contributed by atoms with E-state index in [1.807, 2.05) is 37.3 Å². The largest absolute Gasteiger partial charge is 0.350 e. The van der Waals surface area contributed by atoms with Crippen LogP contribution < -0.4 is 10.8 Å². The average molecular weight is 393 g/mol. The number of nitrogens with one attached hydrogen (secondary N) is 2. The summed E-state index contributed by atoms with van der Waals surface area (Å²) in [5, 5.41) is 11.5. The van der Waals surface area contributed by atoms with E-state index in [0.717, 1.165) is 12.0 Å². The van der Waals surface area contributed by atoms with Gasteiger partial charge in [-0.3, -0.25) is 19.6 Å². The van der Waals surface area contributed by atoms with Crippen molar-refractivity contribution < 1.29 is 24.0 Å². The number of likely N-dealkylation sites (tertiary alicyclic amines) is 1. The molecule has 154 valence electrons. The summed E-state index contributed by atoms with van der Waals surface area (Å²) in [5.74, 6) is -3.29. The van der Waals surface area contributed by atoms with Crippen LogP contribution in [0.3, 0.4) is 0 Å². The first-order chi connectivity index (χ1) is 13.5. The van der Waals surface area contributed by atoms with Gasteiger partial charge in [-0.05, 0) is 24.8 Å². The molecule has 1 aliphatic heterocycles. The number of nitrogens with zero attached hydrogens (tertiary/aromatic N) is 1. The van der Waals surface area contributed by atoms with Gasteiger partial charge in [0.25, 0.3) is 5.91 Å². The van der Waals surface area contributed by atoms with Gasteiger partial charge in [-0.1, -0.05) is 50.1 Å². The molecule has 0 spiro atoms. The first-order valence-electron chi connectivity index (χ1n) is 9.69. The SMILES string of the molecule is CCCC[C@@H](C(=O)N1CCC[C@H]1C(=O)NCc1ccccc1)[C@@H](F)C(=O)NO. The van der Waals surface area contributed by atoms with E-state index >= 15 is 0 Å². The van der Waals surface area contributed by atoms with Crippen LogP contribution in [0.1, 0.15) is 44.6 Å². The highest BCUT2D eigenvalue weighted by molar-refractivity contribution is 5.92. The van der Waals surface area contributed by atoms with Gasteiger partial charge >= 0.3 is 0 Å². The van der Waals surface area contributed by atoms with Crippen molar-refractivity contribution in [2.75, 3.05) is 6.54 Å². The van der Waals surface area contributed by atoms with Gasteiger partial charge in [0.1, 0.15) is 6.04 Å². The molecule has 0 aromatic heterocycles. The van der Waals surface area contributed by atoms with Crippen LogP contribution in [0, 0.1) is 5.92 Å². The first kappa shape index (κ1) is 21.8. The minimum atomic E-state index is -2.15. The predicted molar refractivity (Wildman–Crippen MR) is 101 cm³/mol. The van der Waals surface area contributed by atoms with Gasteiger partial charge in [0.05, 0.1) is 5.92 Å². The number of hydrogen-bond acceptors (Lipinski definition) is 4. The highest BCUT2D eigenvalue weighted by atomic mass is 19.1. The van der Waals surface area contributed by atoms with Gasteiger partial charge in [-0.15, -0.1) is 0 Å². The topological polar surface area (TPSA) is 98.7 Å². The highest BCUT2D eigenvalue weighted by Gasteiger charge is 2.41. The van der Waals surface area contributed by atoms with Crippen LogP contribution in [0.15, 0.2) is 30.3 Å². The molecule has 1 saturated heterocycles. The number of carbonyl (C=O) groups excluding carboxylic acids is 3.